The van der Waals surface area contributed by atoms with Crippen LogP contribution in [0.4, 0.5) is 10.6 Å². The van der Waals surface area contributed by atoms with Crippen LogP contribution in [0, 0.1) is 0 Å². The highest BCUT2D eigenvalue weighted by molar-refractivity contribution is 5.88. The van der Waals surface area contributed by atoms with Crippen molar-refractivity contribution in [2.24, 2.45) is 0 Å². The van der Waals surface area contributed by atoms with Crippen molar-refractivity contribution in [1.82, 2.24) is 24.6 Å². The van der Waals surface area contributed by atoms with E-state index in [-0.39, 0.29) is 5.92 Å². The van der Waals surface area contributed by atoms with Crippen LogP contribution in [0.3, 0.4) is 0 Å². The van der Waals surface area contributed by atoms with Crippen LogP contribution in [0.5, 0.6) is 11.5 Å². The quantitative estimate of drug-likeness (QED) is 0.501. The second-order valence-corrected chi connectivity index (χ2v) is 7.73. The van der Waals surface area contributed by atoms with Crippen LogP contribution in [0.1, 0.15) is 24.5 Å². The van der Waals surface area contributed by atoms with Crippen LogP contribution in [-0.4, -0.2) is 48.9 Å². The lowest BCUT2D eigenvalue weighted by Gasteiger charge is -2.29. The SMILES string of the molecule is Nc1ncnc2c(C3CCCN(C(=O)O)C3)nn(-c3ccc(Oc4ccccc4)cc3)c12. The zero-order valence-corrected chi connectivity index (χ0v) is 17.3. The van der Waals surface area contributed by atoms with Gasteiger partial charge in [0.1, 0.15) is 28.9 Å². The molecule has 1 unspecified atom stereocenters. The summed E-state index contributed by atoms with van der Waals surface area (Å²) in [5.74, 6) is 1.72. The van der Waals surface area contributed by atoms with Gasteiger partial charge in [-0.3, -0.25) is 0 Å². The first-order valence-electron chi connectivity index (χ1n) is 10.4. The van der Waals surface area contributed by atoms with Crippen molar-refractivity contribution in [3.63, 3.8) is 0 Å². The molecule has 0 bridgehead atoms. The minimum atomic E-state index is -0.915. The third-order valence-electron chi connectivity index (χ3n) is 5.65. The van der Waals surface area contributed by atoms with Crippen LogP contribution in [0.2, 0.25) is 0 Å². The Labute approximate surface area is 184 Å². The topological polar surface area (TPSA) is 119 Å². The number of amides is 1. The molecule has 1 atom stereocenters. The molecule has 1 amide bonds. The Kier molecular flexibility index (Phi) is 5.06. The number of hydrogen-bond donors (Lipinski definition) is 2. The standard InChI is InChI=1S/C23H22N6O3/c24-22-21-20(25-14-26-22)19(15-5-4-12-28(13-15)23(30)31)27-29(21)16-8-10-18(11-9-16)32-17-6-2-1-3-7-17/h1-3,6-11,14-15H,4-5,12-13H2,(H,30,31)(H2,24,25,26). The van der Waals surface area contributed by atoms with Gasteiger partial charge in [0, 0.05) is 19.0 Å². The van der Waals surface area contributed by atoms with Crippen LogP contribution in [0.25, 0.3) is 16.7 Å². The molecule has 32 heavy (non-hydrogen) atoms. The van der Waals surface area contributed by atoms with Crippen molar-refractivity contribution in [3.05, 3.63) is 66.6 Å². The second-order valence-electron chi connectivity index (χ2n) is 7.73. The molecule has 162 valence electrons. The van der Waals surface area contributed by atoms with Gasteiger partial charge in [-0.25, -0.2) is 19.4 Å². The molecule has 9 heteroatoms. The molecule has 0 spiro atoms. The van der Waals surface area contributed by atoms with E-state index in [1.807, 2.05) is 54.6 Å². The molecule has 9 nitrogen and oxygen atoms in total. The fourth-order valence-electron chi connectivity index (χ4n) is 4.11. The molecule has 5 rings (SSSR count). The average molecular weight is 430 g/mol. The van der Waals surface area contributed by atoms with Crippen molar-refractivity contribution >= 4 is 22.9 Å². The Hall–Kier alpha value is -4.14. The van der Waals surface area contributed by atoms with Crippen molar-refractivity contribution in [2.45, 2.75) is 18.8 Å². The summed E-state index contributed by atoms with van der Waals surface area (Å²) in [7, 11) is 0. The fourth-order valence-corrected chi connectivity index (χ4v) is 4.11. The van der Waals surface area contributed by atoms with E-state index in [1.165, 1.54) is 11.2 Å². The summed E-state index contributed by atoms with van der Waals surface area (Å²) in [5.41, 5.74) is 9.00. The predicted molar refractivity (Wildman–Crippen MR) is 119 cm³/mol. The largest absolute Gasteiger partial charge is 0.465 e. The molecule has 2 aromatic carbocycles. The van der Waals surface area contributed by atoms with Crippen molar-refractivity contribution in [2.75, 3.05) is 18.8 Å². The van der Waals surface area contributed by atoms with Gasteiger partial charge in [-0.2, -0.15) is 5.10 Å². The van der Waals surface area contributed by atoms with Gasteiger partial charge in [0.15, 0.2) is 5.82 Å². The summed E-state index contributed by atoms with van der Waals surface area (Å²) in [5, 5.41) is 14.2. The first-order valence-corrected chi connectivity index (χ1v) is 10.4. The molecular weight excluding hydrogens is 408 g/mol. The average Bonchev–Trinajstić information content (AvgIpc) is 3.21. The molecular formula is C23H22N6O3. The summed E-state index contributed by atoms with van der Waals surface area (Å²) in [4.78, 5) is 21.5. The third kappa shape index (κ3) is 3.68. The molecule has 1 aliphatic heterocycles. The van der Waals surface area contributed by atoms with E-state index in [0.717, 1.165) is 30.0 Å². The number of nitrogen functional groups attached to an aromatic ring is 1. The number of hydrogen-bond acceptors (Lipinski definition) is 6. The number of aromatic nitrogens is 4. The minimum Gasteiger partial charge on any atom is -0.465 e. The molecule has 4 aromatic rings. The van der Waals surface area contributed by atoms with Gasteiger partial charge in [-0.05, 0) is 49.2 Å². The predicted octanol–water partition coefficient (Wildman–Crippen LogP) is 4.05. The van der Waals surface area contributed by atoms with E-state index >= 15 is 0 Å². The molecule has 3 N–H and O–H groups in total. The van der Waals surface area contributed by atoms with Crippen molar-refractivity contribution < 1.29 is 14.6 Å². The normalized spacial score (nSPS) is 16.2. The van der Waals surface area contributed by atoms with Gasteiger partial charge >= 0.3 is 6.09 Å². The van der Waals surface area contributed by atoms with E-state index in [9.17, 15) is 9.90 Å². The van der Waals surface area contributed by atoms with Gasteiger partial charge in [0.25, 0.3) is 0 Å². The number of carbonyl (C=O) groups is 1. The van der Waals surface area contributed by atoms with Crippen LogP contribution in [-0.2, 0) is 0 Å². The highest BCUT2D eigenvalue weighted by Crippen LogP contribution is 2.33. The number of piperidine rings is 1. The van der Waals surface area contributed by atoms with E-state index in [4.69, 9.17) is 15.6 Å². The van der Waals surface area contributed by atoms with Crippen molar-refractivity contribution in [1.29, 1.82) is 0 Å². The van der Waals surface area contributed by atoms with E-state index < -0.39 is 6.09 Å². The molecule has 1 aliphatic rings. The first kappa shape index (κ1) is 19.8. The smallest absolute Gasteiger partial charge is 0.407 e. The monoisotopic (exact) mass is 430 g/mol. The van der Waals surface area contributed by atoms with Gasteiger partial charge in [-0.1, -0.05) is 18.2 Å². The molecule has 2 aromatic heterocycles. The second kappa shape index (κ2) is 8.18. The van der Waals surface area contributed by atoms with Gasteiger partial charge in [-0.15, -0.1) is 0 Å². The molecule has 0 aliphatic carbocycles. The Bertz CT molecular complexity index is 1260. The van der Waals surface area contributed by atoms with Gasteiger partial charge in [0.05, 0.1) is 11.4 Å². The fraction of sp³-hybridized carbons (Fsp3) is 0.217. The lowest BCUT2D eigenvalue weighted by atomic mass is 9.94. The summed E-state index contributed by atoms with van der Waals surface area (Å²) in [6, 6.07) is 17.1. The Morgan fingerprint density at radius 3 is 2.56 bits per heavy atom. The maximum absolute atomic E-state index is 11.5. The van der Waals surface area contributed by atoms with Crippen molar-refractivity contribution in [3.8, 4) is 17.2 Å². The molecule has 3 heterocycles. The highest BCUT2D eigenvalue weighted by Gasteiger charge is 2.29. The Morgan fingerprint density at radius 2 is 1.81 bits per heavy atom. The number of ether oxygens (including phenoxy) is 1. The first-order chi connectivity index (χ1) is 15.6. The Morgan fingerprint density at radius 1 is 1.06 bits per heavy atom. The maximum Gasteiger partial charge on any atom is 0.407 e. The molecule has 0 saturated carbocycles. The lowest BCUT2D eigenvalue weighted by molar-refractivity contribution is 0.130. The maximum atomic E-state index is 11.5. The Balaban J connectivity index is 1.51. The van der Waals surface area contributed by atoms with E-state index in [2.05, 4.69) is 9.97 Å². The number of benzene rings is 2. The van der Waals surface area contributed by atoms with E-state index in [0.29, 0.717) is 35.7 Å². The third-order valence-corrected chi connectivity index (χ3v) is 5.65. The number of likely N-dealkylation sites (tertiary alicyclic amines) is 1. The number of fused-ring (bicyclic) bond motifs is 1. The molecule has 0 radical (unpaired) electrons. The molecule has 1 fully saturated rings. The number of anilines is 1. The summed E-state index contributed by atoms with van der Waals surface area (Å²) in [6.07, 6.45) is 2.12. The summed E-state index contributed by atoms with van der Waals surface area (Å²) in [6.45, 7) is 0.916. The summed E-state index contributed by atoms with van der Waals surface area (Å²) >= 11 is 0. The number of carboxylic acid groups (broad SMARTS) is 1. The lowest BCUT2D eigenvalue weighted by Crippen LogP contribution is -2.38. The van der Waals surface area contributed by atoms with Gasteiger partial charge in [0.2, 0.25) is 0 Å². The van der Waals surface area contributed by atoms with Crippen LogP contribution in [0.15, 0.2) is 60.9 Å². The number of nitrogens with zero attached hydrogens (tertiary/aromatic N) is 5. The minimum absolute atomic E-state index is 0.0569. The highest BCUT2D eigenvalue weighted by atomic mass is 16.5. The van der Waals surface area contributed by atoms with Gasteiger partial charge < -0.3 is 20.5 Å². The zero-order chi connectivity index (χ0) is 22.1. The van der Waals surface area contributed by atoms with Crippen LogP contribution < -0.4 is 10.5 Å². The zero-order valence-electron chi connectivity index (χ0n) is 17.3. The van der Waals surface area contributed by atoms with Crippen LogP contribution >= 0.6 is 0 Å². The number of rotatable bonds is 4. The molecule has 1 saturated heterocycles. The number of para-hydroxylation sites is 1. The van der Waals surface area contributed by atoms with E-state index in [1.54, 1.807) is 4.68 Å². The number of nitrogens with two attached hydrogens (primary N) is 1. The summed E-state index contributed by atoms with van der Waals surface area (Å²) < 4.78 is 7.60.